The molecule has 1 fully saturated rings. The van der Waals surface area contributed by atoms with Crippen LogP contribution in [-0.2, 0) is 17.8 Å². The molecule has 30 heavy (non-hydrogen) atoms. The van der Waals surface area contributed by atoms with E-state index in [2.05, 4.69) is 39.2 Å². The number of amides is 1. The van der Waals surface area contributed by atoms with Crippen molar-refractivity contribution in [1.29, 1.82) is 0 Å². The van der Waals surface area contributed by atoms with Gasteiger partial charge in [0.1, 0.15) is 17.0 Å². The molecule has 3 aromatic heterocycles. The first-order valence-electron chi connectivity index (χ1n) is 10.5. The van der Waals surface area contributed by atoms with Crippen molar-refractivity contribution in [2.45, 2.75) is 46.6 Å². The maximum Gasteiger partial charge on any atom is 0.263 e. The molecular formula is C22H28N6O2. The zero-order valence-electron chi connectivity index (χ0n) is 17.8. The van der Waals surface area contributed by atoms with Gasteiger partial charge in [0.05, 0.1) is 17.9 Å². The second-order valence-electron chi connectivity index (χ2n) is 8.36. The third-order valence-corrected chi connectivity index (χ3v) is 5.47. The highest BCUT2D eigenvalue weighted by molar-refractivity contribution is 5.88. The quantitative estimate of drug-likeness (QED) is 0.669. The van der Waals surface area contributed by atoms with Crippen molar-refractivity contribution in [2.24, 2.45) is 11.8 Å². The largest absolute Gasteiger partial charge is 0.355 e. The number of fused-ring (bicyclic) bond motifs is 1. The minimum absolute atomic E-state index is 0.0557. The smallest absolute Gasteiger partial charge is 0.263 e. The van der Waals surface area contributed by atoms with E-state index in [0.29, 0.717) is 42.8 Å². The fourth-order valence-electron chi connectivity index (χ4n) is 4.19. The summed E-state index contributed by atoms with van der Waals surface area (Å²) < 4.78 is 5.45. The molecule has 1 amide bonds. The average Bonchev–Trinajstić information content (AvgIpc) is 3.11. The van der Waals surface area contributed by atoms with Gasteiger partial charge in [-0.1, -0.05) is 25.1 Å². The lowest BCUT2D eigenvalue weighted by molar-refractivity contribution is -0.121. The van der Waals surface area contributed by atoms with E-state index in [4.69, 9.17) is 9.51 Å². The molecule has 1 aliphatic rings. The van der Waals surface area contributed by atoms with Crippen LogP contribution in [0.15, 0.2) is 28.9 Å². The number of hydrogen-bond donors (Lipinski definition) is 1. The van der Waals surface area contributed by atoms with Crippen molar-refractivity contribution in [1.82, 2.24) is 25.4 Å². The number of anilines is 1. The van der Waals surface area contributed by atoms with Crippen LogP contribution in [0.1, 0.15) is 43.9 Å². The van der Waals surface area contributed by atoms with E-state index < -0.39 is 0 Å². The number of aromatic nitrogens is 4. The summed E-state index contributed by atoms with van der Waals surface area (Å²) in [7, 11) is 0. The summed E-state index contributed by atoms with van der Waals surface area (Å²) in [4.78, 5) is 28.2. The second-order valence-corrected chi connectivity index (χ2v) is 8.36. The van der Waals surface area contributed by atoms with Gasteiger partial charge in [-0.3, -0.25) is 9.78 Å². The van der Waals surface area contributed by atoms with Gasteiger partial charge in [-0.15, -0.1) is 0 Å². The minimum atomic E-state index is -0.0557. The highest BCUT2D eigenvalue weighted by Gasteiger charge is 2.27. The Hall–Kier alpha value is -3.03. The van der Waals surface area contributed by atoms with Gasteiger partial charge < -0.3 is 14.7 Å². The zero-order chi connectivity index (χ0) is 21.1. The lowest BCUT2D eigenvalue weighted by atomic mass is 9.92. The first-order chi connectivity index (χ1) is 14.5. The molecular weight excluding hydrogens is 380 g/mol. The van der Waals surface area contributed by atoms with E-state index in [1.54, 1.807) is 6.20 Å². The molecule has 1 N–H and O–H groups in total. The second kappa shape index (κ2) is 8.77. The molecule has 4 heterocycles. The van der Waals surface area contributed by atoms with Gasteiger partial charge in [-0.25, -0.2) is 4.98 Å². The SMILES string of the molecule is Cc1noc2nc(CCC(=O)NCc3ccccn3)nc(N3CC(C)CC(C)C3)c12. The highest BCUT2D eigenvalue weighted by Crippen LogP contribution is 2.31. The molecule has 0 aromatic carbocycles. The number of nitrogens with zero attached hydrogens (tertiary/aromatic N) is 5. The Bertz CT molecular complexity index is 1010. The predicted octanol–water partition coefficient (Wildman–Crippen LogP) is 3.05. The van der Waals surface area contributed by atoms with Crippen molar-refractivity contribution in [3.8, 4) is 0 Å². The molecule has 0 aliphatic carbocycles. The van der Waals surface area contributed by atoms with Crippen molar-refractivity contribution in [3.05, 3.63) is 41.6 Å². The first kappa shape index (κ1) is 20.3. The Balaban J connectivity index is 1.48. The summed E-state index contributed by atoms with van der Waals surface area (Å²) in [6.45, 7) is 8.77. The number of aryl methyl sites for hydroxylation is 2. The number of carbonyl (C=O) groups is 1. The number of rotatable bonds is 6. The Morgan fingerprint density at radius 3 is 2.77 bits per heavy atom. The van der Waals surface area contributed by atoms with Gasteiger partial charge in [0.2, 0.25) is 5.91 Å². The molecule has 1 aliphatic heterocycles. The van der Waals surface area contributed by atoms with Crippen molar-refractivity contribution < 1.29 is 9.32 Å². The topological polar surface area (TPSA) is 97.0 Å². The highest BCUT2D eigenvalue weighted by atomic mass is 16.5. The third-order valence-electron chi connectivity index (χ3n) is 5.47. The van der Waals surface area contributed by atoms with Gasteiger partial charge in [0, 0.05) is 32.1 Å². The van der Waals surface area contributed by atoms with Crippen LogP contribution in [0.2, 0.25) is 0 Å². The minimum Gasteiger partial charge on any atom is -0.355 e. The summed E-state index contributed by atoms with van der Waals surface area (Å²) in [5.74, 6) is 2.62. The Labute approximate surface area is 176 Å². The Morgan fingerprint density at radius 1 is 1.23 bits per heavy atom. The summed E-state index contributed by atoms with van der Waals surface area (Å²) >= 11 is 0. The molecule has 2 unspecified atom stereocenters. The fraction of sp³-hybridized carbons (Fsp3) is 0.500. The summed E-state index contributed by atoms with van der Waals surface area (Å²) in [6, 6.07) is 5.64. The fourth-order valence-corrected chi connectivity index (χ4v) is 4.19. The Kier molecular flexibility index (Phi) is 5.92. The standard InChI is InChI=1S/C22H28N6O2/c1-14-10-15(2)13-28(12-14)21-20-16(3)27-30-22(20)26-18(25-21)7-8-19(29)24-11-17-6-4-5-9-23-17/h4-6,9,14-15H,7-8,10-13H2,1-3H3,(H,24,29). The lowest BCUT2D eigenvalue weighted by Crippen LogP contribution is -2.39. The molecule has 0 bridgehead atoms. The first-order valence-corrected chi connectivity index (χ1v) is 10.5. The van der Waals surface area contributed by atoms with Crippen LogP contribution in [0.4, 0.5) is 5.82 Å². The van der Waals surface area contributed by atoms with E-state index in [1.165, 1.54) is 6.42 Å². The van der Waals surface area contributed by atoms with Gasteiger partial charge in [0.25, 0.3) is 5.71 Å². The number of piperidine rings is 1. The molecule has 0 spiro atoms. The average molecular weight is 409 g/mol. The molecule has 4 rings (SSSR count). The molecule has 2 atom stereocenters. The van der Waals surface area contributed by atoms with Crippen LogP contribution >= 0.6 is 0 Å². The van der Waals surface area contributed by atoms with E-state index in [0.717, 1.165) is 35.7 Å². The van der Waals surface area contributed by atoms with E-state index >= 15 is 0 Å². The summed E-state index contributed by atoms with van der Waals surface area (Å²) in [6.07, 6.45) is 3.68. The predicted molar refractivity (Wildman–Crippen MR) is 114 cm³/mol. The monoisotopic (exact) mass is 408 g/mol. The van der Waals surface area contributed by atoms with Crippen molar-refractivity contribution >= 4 is 22.8 Å². The van der Waals surface area contributed by atoms with Gasteiger partial charge >= 0.3 is 0 Å². The lowest BCUT2D eigenvalue weighted by Gasteiger charge is -2.36. The molecule has 8 heteroatoms. The number of pyridine rings is 1. The van der Waals surface area contributed by atoms with Gasteiger partial charge in [-0.05, 0) is 37.3 Å². The number of hydrogen-bond acceptors (Lipinski definition) is 7. The third kappa shape index (κ3) is 4.58. The molecule has 3 aromatic rings. The molecule has 158 valence electrons. The molecule has 8 nitrogen and oxygen atoms in total. The van der Waals surface area contributed by atoms with Crippen LogP contribution in [0.3, 0.4) is 0 Å². The normalized spacial score (nSPS) is 19.2. The van der Waals surface area contributed by atoms with Crippen LogP contribution in [0.25, 0.3) is 11.1 Å². The van der Waals surface area contributed by atoms with Crippen molar-refractivity contribution in [2.75, 3.05) is 18.0 Å². The van der Waals surface area contributed by atoms with Gasteiger partial charge in [-0.2, -0.15) is 4.98 Å². The maximum atomic E-state index is 12.3. The van der Waals surface area contributed by atoms with Crippen molar-refractivity contribution in [3.63, 3.8) is 0 Å². The van der Waals surface area contributed by atoms with Crippen LogP contribution in [0, 0.1) is 18.8 Å². The summed E-state index contributed by atoms with van der Waals surface area (Å²) in [5.41, 5.74) is 2.12. The van der Waals surface area contributed by atoms with E-state index in [-0.39, 0.29) is 5.91 Å². The van der Waals surface area contributed by atoms with Crippen LogP contribution in [0.5, 0.6) is 0 Å². The van der Waals surface area contributed by atoms with E-state index in [1.807, 2.05) is 25.1 Å². The van der Waals surface area contributed by atoms with Crippen LogP contribution in [-0.4, -0.2) is 39.1 Å². The number of nitrogens with one attached hydrogen (secondary N) is 1. The van der Waals surface area contributed by atoms with E-state index in [9.17, 15) is 4.79 Å². The molecule has 1 saturated heterocycles. The summed E-state index contributed by atoms with van der Waals surface area (Å²) in [5, 5.41) is 7.87. The number of carbonyl (C=O) groups excluding carboxylic acids is 1. The zero-order valence-corrected chi connectivity index (χ0v) is 17.8. The van der Waals surface area contributed by atoms with Gasteiger partial charge in [0.15, 0.2) is 0 Å². The molecule has 0 saturated carbocycles. The molecule has 0 radical (unpaired) electrons. The van der Waals surface area contributed by atoms with Crippen LogP contribution < -0.4 is 10.2 Å². The maximum absolute atomic E-state index is 12.3. The Morgan fingerprint density at radius 2 is 2.03 bits per heavy atom.